The van der Waals surface area contributed by atoms with Gasteiger partial charge in [-0.1, -0.05) is 32.8 Å². The van der Waals surface area contributed by atoms with E-state index in [4.69, 9.17) is 22.3 Å². The smallest absolute Gasteiger partial charge is 0.337 e. The van der Waals surface area contributed by atoms with Crippen LogP contribution in [-0.2, 0) is 6.42 Å². The quantitative estimate of drug-likeness (QED) is 0.598. The van der Waals surface area contributed by atoms with Crippen molar-refractivity contribution >= 4 is 17.3 Å². The van der Waals surface area contributed by atoms with Crippen LogP contribution >= 0.6 is 0 Å². The highest BCUT2D eigenvalue weighted by Crippen LogP contribution is 2.25. The highest BCUT2D eigenvalue weighted by Gasteiger charge is 2.12. The minimum atomic E-state index is -1.04. The van der Waals surface area contributed by atoms with Crippen molar-refractivity contribution in [1.29, 1.82) is 0 Å². The summed E-state index contributed by atoms with van der Waals surface area (Å²) in [7, 11) is 0. The van der Waals surface area contributed by atoms with Gasteiger partial charge in [-0.3, -0.25) is 0 Å². The second-order valence-corrected chi connectivity index (χ2v) is 4.65. The van der Waals surface area contributed by atoms with Crippen LogP contribution in [0, 0.1) is 0 Å². The summed E-state index contributed by atoms with van der Waals surface area (Å²) in [5.74, 6) is -1.04. The summed E-state index contributed by atoms with van der Waals surface area (Å²) in [6.45, 7) is 5.06. The van der Waals surface area contributed by atoms with Gasteiger partial charge in [-0.2, -0.15) is 0 Å². The van der Waals surface area contributed by atoms with E-state index in [1.807, 2.05) is 0 Å². The van der Waals surface area contributed by atoms with E-state index in [-0.39, 0.29) is 11.3 Å². The maximum absolute atomic E-state index is 10.8. The molecule has 0 saturated carbocycles. The fourth-order valence-corrected chi connectivity index (χ4v) is 1.66. The molecule has 1 rings (SSSR count). The molecular formula is C15H27N3O2. The van der Waals surface area contributed by atoms with Gasteiger partial charge in [-0.15, -0.1) is 0 Å². The van der Waals surface area contributed by atoms with Crippen molar-refractivity contribution in [2.24, 2.45) is 5.73 Å². The van der Waals surface area contributed by atoms with E-state index in [1.54, 1.807) is 6.07 Å². The molecule has 0 atom stereocenters. The lowest BCUT2D eigenvalue weighted by atomic mass is 10.0. The van der Waals surface area contributed by atoms with Gasteiger partial charge < -0.3 is 22.3 Å². The normalized spacial score (nSPS) is 9.75. The highest BCUT2D eigenvalue weighted by atomic mass is 16.4. The maximum Gasteiger partial charge on any atom is 0.337 e. The van der Waals surface area contributed by atoms with Crippen molar-refractivity contribution in [3.8, 4) is 0 Å². The monoisotopic (exact) mass is 281 g/mol. The van der Waals surface area contributed by atoms with Crippen LogP contribution in [0.3, 0.4) is 0 Å². The van der Waals surface area contributed by atoms with E-state index < -0.39 is 5.97 Å². The second kappa shape index (κ2) is 10.1. The number of nitrogen functional groups attached to an aromatic ring is 2. The number of carboxylic acids is 1. The third-order valence-corrected chi connectivity index (χ3v) is 2.97. The number of rotatable bonds is 6. The van der Waals surface area contributed by atoms with E-state index in [1.165, 1.54) is 18.9 Å². The fraction of sp³-hybridized carbons (Fsp3) is 0.533. The number of anilines is 2. The number of aromatic carboxylic acids is 1. The second-order valence-electron chi connectivity index (χ2n) is 4.65. The number of carbonyl (C=O) groups is 1. The number of nitrogens with two attached hydrogens (primary N) is 3. The maximum atomic E-state index is 10.8. The lowest BCUT2D eigenvalue weighted by Gasteiger charge is -2.10. The molecule has 0 aromatic heterocycles. The summed E-state index contributed by atoms with van der Waals surface area (Å²) < 4.78 is 0. The third kappa shape index (κ3) is 5.93. The molecule has 0 aliphatic carbocycles. The fourth-order valence-electron chi connectivity index (χ4n) is 1.66. The number of hydrogen-bond donors (Lipinski definition) is 4. The standard InChI is InChI=1S/C11H16N2O2.C4H11N/c1-2-3-4-7-5-6-8(11(14)15)10(13)9(7)12;1-2-3-4-5/h5-6H,2-4,12-13H2,1H3,(H,14,15);2-5H2,1H3. The minimum absolute atomic E-state index is 0.0766. The lowest BCUT2D eigenvalue weighted by molar-refractivity contribution is 0.0698. The van der Waals surface area contributed by atoms with Crippen molar-refractivity contribution in [2.75, 3.05) is 18.0 Å². The Morgan fingerprint density at radius 2 is 1.70 bits per heavy atom. The van der Waals surface area contributed by atoms with Crippen LogP contribution < -0.4 is 17.2 Å². The molecule has 0 amide bonds. The van der Waals surface area contributed by atoms with Gasteiger partial charge in [-0.05, 0) is 37.4 Å². The van der Waals surface area contributed by atoms with Gasteiger partial charge >= 0.3 is 5.97 Å². The first-order chi connectivity index (χ1) is 9.49. The topological polar surface area (TPSA) is 115 Å². The third-order valence-electron chi connectivity index (χ3n) is 2.97. The number of carboxylic acid groups (broad SMARTS) is 1. The zero-order valence-corrected chi connectivity index (χ0v) is 12.5. The number of unbranched alkanes of at least 4 members (excludes halogenated alkanes) is 2. The zero-order chi connectivity index (χ0) is 15.5. The number of hydrogen-bond acceptors (Lipinski definition) is 4. The van der Waals surface area contributed by atoms with Gasteiger partial charge in [0.2, 0.25) is 0 Å². The highest BCUT2D eigenvalue weighted by molar-refractivity contribution is 5.97. The molecule has 1 aromatic carbocycles. The summed E-state index contributed by atoms with van der Waals surface area (Å²) in [6.07, 6.45) is 5.32. The zero-order valence-electron chi connectivity index (χ0n) is 12.5. The van der Waals surface area contributed by atoms with Crippen molar-refractivity contribution in [2.45, 2.75) is 46.0 Å². The minimum Gasteiger partial charge on any atom is -0.478 e. The largest absolute Gasteiger partial charge is 0.478 e. The van der Waals surface area contributed by atoms with E-state index in [2.05, 4.69) is 13.8 Å². The van der Waals surface area contributed by atoms with Gasteiger partial charge in [0.1, 0.15) is 0 Å². The van der Waals surface area contributed by atoms with E-state index in [0.717, 1.165) is 31.4 Å². The number of benzene rings is 1. The van der Waals surface area contributed by atoms with Crippen LogP contribution in [0.2, 0.25) is 0 Å². The van der Waals surface area contributed by atoms with Crippen molar-refractivity contribution in [1.82, 2.24) is 0 Å². The predicted octanol–water partition coefficient (Wildman–Crippen LogP) is 2.64. The van der Waals surface area contributed by atoms with Crippen LogP contribution in [0.4, 0.5) is 11.4 Å². The Bertz CT molecular complexity index is 418. The summed E-state index contributed by atoms with van der Waals surface area (Å²) in [5, 5.41) is 8.82. The first-order valence-corrected chi connectivity index (χ1v) is 7.09. The Kier molecular flexibility index (Phi) is 9.20. The molecular weight excluding hydrogens is 254 g/mol. The summed E-state index contributed by atoms with van der Waals surface area (Å²) in [6, 6.07) is 3.25. The predicted molar refractivity (Wildman–Crippen MR) is 84.8 cm³/mol. The Hall–Kier alpha value is -1.75. The summed E-state index contributed by atoms with van der Waals surface area (Å²) >= 11 is 0. The molecule has 5 heteroatoms. The summed E-state index contributed by atoms with van der Waals surface area (Å²) in [4.78, 5) is 10.8. The van der Waals surface area contributed by atoms with Crippen molar-refractivity contribution in [3.05, 3.63) is 23.3 Å². The van der Waals surface area contributed by atoms with Gasteiger partial charge in [0.15, 0.2) is 0 Å². The average Bonchev–Trinajstić information content (AvgIpc) is 2.41. The van der Waals surface area contributed by atoms with Crippen molar-refractivity contribution < 1.29 is 9.90 Å². The molecule has 7 N–H and O–H groups in total. The Balaban J connectivity index is 0.000000621. The van der Waals surface area contributed by atoms with Gasteiger partial charge in [-0.25, -0.2) is 4.79 Å². The Labute approximate surface area is 121 Å². The molecule has 0 aliphatic rings. The molecule has 114 valence electrons. The molecule has 0 aliphatic heterocycles. The molecule has 0 saturated heterocycles. The number of aryl methyl sites for hydroxylation is 1. The lowest BCUT2D eigenvalue weighted by Crippen LogP contribution is -2.07. The van der Waals surface area contributed by atoms with Crippen LogP contribution in [-0.4, -0.2) is 17.6 Å². The first kappa shape index (κ1) is 18.2. The average molecular weight is 281 g/mol. The van der Waals surface area contributed by atoms with Crippen molar-refractivity contribution in [3.63, 3.8) is 0 Å². The van der Waals surface area contributed by atoms with Crippen LogP contribution in [0.25, 0.3) is 0 Å². The van der Waals surface area contributed by atoms with E-state index in [0.29, 0.717) is 5.69 Å². The molecule has 0 heterocycles. The van der Waals surface area contributed by atoms with Gasteiger partial charge in [0, 0.05) is 0 Å². The molecule has 0 unspecified atom stereocenters. The summed E-state index contributed by atoms with van der Waals surface area (Å²) in [5.41, 5.74) is 18.2. The van der Waals surface area contributed by atoms with E-state index in [9.17, 15) is 4.79 Å². The SMILES string of the molecule is CCCCN.CCCCc1ccc(C(=O)O)c(N)c1N. The molecule has 20 heavy (non-hydrogen) atoms. The Morgan fingerprint density at radius 3 is 2.10 bits per heavy atom. The van der Waals surface area contributed by atoms with Crippen LogP contribution in [0.5, 0.6) is 0 Å². The van der Waals surface area contributed by atoms with Crippen LogP contribution in [0.15, 0.2) is 12.1 Å². The molecule has 0 fully saturated rings. The van der Waals surface area contributed by atoms with E-state index >= 15 is 0 Å². The molecule has 0 spiro atoms. The Morgan fingerprint density at radius 1 is 1.10 bits per heavy atom. The van der Waals surface area contributed by atoms with Gasteiger partial charge in [0.05, 0.1) is 16.9 Å². The molecule has 0 bridgehead atoms. The first-order valence-electron chi connectivity index (χ1n) is 7.09. The van der Waals surface area contributed by atoms with Gasteiger partial charge in [0.25, 0.3) is 0 Å². The molecule has 1 aromatic rings. The molecule has 5 nitrogen and oxygen atoms in total. The molecule has 0 radical (unpaired) electrons. The van der Waals surface area contributed by atoms with Crippen LogP contribution in [0.1, 0.15) is 55.5 Å².